The van der Waals surface area contributed by atoms with Crippen molar-refractivity contribution in [2.24, 2.45) is 0 Å². The van der Waals surface area contributed by atoms with E-state index in [2.05, 4.69) is 88.5 Å². The summed E-state index contributed by atoms with van der Waals surface area (Å²) in [4.78, 5) is 72.8. The second-order valence-electron chi connectivity index (χ2n) is 25.9. The van der Waals surface area contributed by atoms with Gasteiger partial charge in [0.25, 0.3) is 0 Å². The molecular weight excluding hydrogens is 1280 g/mol. The summed E-state index contributed by atoms with van der Waals surface area (Å²) in [7, 11) is -9.97. The fourth-order valence-electron chi connectivity index (χ4n) is 10.5. The Balaban J connectivity index is 5.40. The zero-order chi connectivity index (χ0) is 71.8. The number of hydrogen-bond acceptors (Lipinski definition) is 15. The van der Waals surface area contributed by atoms with Gasteiger partial charge in [-0.05, 0) is 103 Å². The number of aliphatic hydroxyl groups excluding tert-OH is 1. The van der Waals surface area contributed by atoms with Gasteiger partial charge in [0, 0.05) is 19.3 Å². The maximum Gasteiger partial charge on any atom is 0.472 e. The van der Waals surface area contributed by atoms with Crippen LogP contribution >= 0.6 is 15.6 Å². The number of unbranched alkanes of at least 4 members (excludes halogenated alkanes) is 34. The van der Waals surface area contributed by atoms with E-state index in [1.807, 2.05) is 18.2 Å². The highest BCUT2D eigenvalue weighted by Crippen LogP contribution is 2.45. The molecule has 17 nitrogen and oxygen atoms in total. The molecule has 5 atom stereocenters. The van der Waals surface area contributed by atoms with Crippen molar-refractivity contribution in [3.63, 3.8) is 0 Å². The first-order chi connectivity index (χ1) is 47.7. The van der Waals surface area contributed by atoms with E-state index in [1.54, 1.807) is 6.08 Å². The summed E-state index contributed by atoms with van der Waals surface area (Å²) in [5, 5.41) is 10.6. The summed E-state index contributed by atoms with van der Waals surface area (Å²) in [5.41, 5.74) is 0. The zero-order valence-corrected chi connectivity index (χ0v) is 63.7. The van der Waals surface area contributed by atoms with Crippen LogP contribution in [0.15, 0.2) is 85.1 Å². The molecule has 0 bridgehead atoms. The third-order valence-corrected chi connectivity index (χ3v) is 18.3. The van der Waals surface area contributed by atoms with Crippen LogP contribution in [0.3, 0.4) is 0 Å². The molecule has 0 saturated carbocycles. The Hall–Kier alpha value is -3.76. The fraction of sp³-hybridized carbons (Fsp3) is 0.772. The minimum absolute atomic E-state index is 0.0671. The molecule has 0 aromatic rings. The maximum absolute atomic E-state index is 13.1. The predicted octanol–water partition coefficient (Wildman–Crippen LogP) is 22.2. The number of esters is 4. The zero-order valence-electron chi connectivity index (χ0n) is 62.0. The van der Waals surface area contributed by atoms with Gasteiger partial charge in [0.15, 0.2) is 12.2 Å². The molecule has 0 aromatic carbocycles. The van der Waals surface area contributed by atoms with Crippen molar-refractivity contribution in [3.8, 4) is 0 Å². The standard InChI is InChI=1S/C79H140O17P2/c1-5-9-13-17-21-25-29-33-36-40-43-47-51-55-59-63-76(81)89-69-74(95-78(83)65-61-57-53-49-45-39-32-28-24-20-16-12-8-4)71-93-97(85,86)91-67-73(80)68-92-98(87,88)94-72-75(96-79(84)66-62-58-54-50-46-42-38-35-31-27-23-19-15-11-7-3)70-90-77(82)64-60-56-52-48-44-41-37-34-30-26-22-18-14-10-6-2/h10,14,22,26,33-38,44,48,56,60,73-75,80H,5-9,11-13,15-21,23-25,27-32,39-43,45-47,49-55,57-59,61-72H2,1-4H3,(H,85,86)(H,87,88)/b14-10-,26-22-,36-33-,37-34-,38-35-,48-44-,60-56-. The van der Waals surface area contributed by atoms with E-state index >= 15 is 0 Å². The fourth-order valence-corrected chi connectivity index (χ4v) is 12.0. The molecule has 0 aliphatic heterocycles. The molecule has 0 fully saturated rings. The lowest BCUT2D eigenvalue weighted by molar-refractivity contribution is -0.161. The lowest BCUT2D eigenvalue weighted by Gasteiger charge is -2.21. The van der Waals surface area contributed by atoms with Gasteiger partial charge in [0.05, 0.1) is 32.8 Å². The molecule has 568 valence electrons. The Bertz CT molecular complexity index is 2190. The Morgan fingerprint density at radius 3 is 0.898 bits per heavy atom. The molecule has 0 rings (SSSR count). The minimum Gasteiger partial charge on any atom is -0.462 e. The number of phosphoric acid groups is 2. The first kappa shape index (κ1) is 94.2. The molecule has 5 unspecified atom stereocenters. The third kappa shape index (κ3) is 70.7. The van der Waals surface area contributed by atoms with Gasteiger partial charge >= 0.3 is 39.5 Å². The summed E-state index contributed by atoms with van der Waals surface area (Å²) in [6, 6.07) is 0. The van der Waals surface area contributed by atoms with Crippen LogP contribution in [-0.4, -0.2) is 96.7 Å². The van der Waals surface area contributed by atoms with E-state index in [0.29, 0.717) is 25.7 Å². The number of ether oxygens (including phenoxy) is 4. The van der Waals surface area contributed by atoms with E-state index in [0.717, 1.165) is 128 Å². The molecular formula is C79H140O17P2. The Morgan fingerprint density at radius 1 is 0.306 bits per heavy atom. The van der Waals surface area contributed by atoms with E-state index in [1.165, 1.54) is 128 Å². The second-order valence-corrected chi connectivity index (χ2v) is 28.8. The minimum atomic E-state index is -4.99. The lowest BCUT2D eigenvalue weighted by Crippen LogP contribution is -2.30. The van der Waals surface area contributed by atoms with Crippen molar-refractivity contribution in [2.75, 3.05) is 39.6 Å². The predicted molar refractivity (Wildman–Crippen MR) is 399 cm³/mol. The number of allylic oxidation sites excluding steroid dienone is 13. The van der Waals surface area contributed by atoms with Crippen LogP contribution in [0.4, 0.5) is 0 Å². The summed E-state index contributed by atoms with van der Waals surface area (Å²) >= 11 is 0. The van der Waals surface area contributed by atoms with Crippen molar-refractivity contribution in [1.29, 1.82) is 0 Å². The van der Waals surface area contributed by atoms with E-state index in [4.69, 9.17) is 37.0 Å². The van der Waals surface area contributed by atoms with Crippen molar-refractivity contribution < 1.29 is 80.2 Å². The summed E-state index contributed by atoms with van der Waals surface area (Å²) in [6.07, 6.45) is 73.1. The topological polar surface area (TPSA) is 237 Å². The molecule has 0 aromatic heterocycles. The van der Waals surface area contributed by atoms with Gasteiger partial charge in [-0.2, -0.15) is 0 Å². The molecule has 0 aliphatic rings. The molecule has 0 radical (unpaired) electrons. The average molecular weight is 1420 g/mol. The summed E-state index contributed by atoms with van der Waals surface area (Å²) < 4.78 is 68.4. The maximum atomic E-state index is 13.1. The highest BCUT2D eigenvalue weighted by atomic mass is 31.2. The molecule has 0 saturated heterocycles. The van der Waals surface area contributed by atoms with Gasteiger partial charge in [0.2, 0.25) is 0 Å². The quantitative estimate of drug-likeness (QED) is 0.0169. The van der Waals surface area contributed by atoms with E-state index in [9.17, 15) is 43.2 Å². The first-order valence-electron chi connectivity index (χ1n) is 38.8. The number of hydrogen-bond donors (Lipinski definition) is 3. The number of rotatable bonds is 73. The van der Waals surface area contributed by atoms with E-state index in [-0.39, 0.29) is 25.7 Å². The van der Waals surface area contributed by atoms with Crippen molar-refractivity contribution in [2.45, 2.75) is 354 Å². The van der Waals surface area contributed by atoms with Gasteiger partial charge in [-0.15, -0.1) is 0 Å². The molecule has 0 heterocycles. The van der Waals surface area contributed by atoms with Crippen LogP contribution in [0.1, 0.15) is 336 Å². The van der Waals surface area contributed by atoms with Crippen molar-refractivity contribution >= 4 is 39.5 Å². The van der Waals surface area contributed by atoms with Crippen LogP contribution in [0, 0.1) is 0 Å². The molecule has 0 amide bonds. The van der Waals surface area contributed by atoms with Gasteiger partial charge < -0.3 is 33.8 Å². The molecule has 3 N–H and O–H groups in total. The Morgan fingerprint density at radius 2 is 0.571 bits per heavy atom. The highest BCUT2D eigenvalue weighted by Gasteiger charge is 2.30. The van der Waals surface area contributed by atoms with Crippen LogP contribution in [-0.2, 0) is 65.4 Å². The van der Waals surface area contributed by atoms with Crippen LogP contribution in [0.5, 0.6) is 0 Å². The third-order valence-electron chi connectivity index (χ3n) is 16.4. The number of phosphoric ester groups is 2. The molecule has 19 heteroatoms. The van der Waals surface area contributed by atoms with Gasteiger partial charge in [-0.3, -0.25) is 37.3 Å². The number of aliphatic hydroxyl groups is 1. The van der Waals surface area contributed by atoms with Crippen LogP contribution < -0.4 is 0 Å². The number of carbonyl (C=O) groups is 4. The largest absolute Gasteiger partial charge is 0.472 e. The van der Waals surface area contributed by atoms with Crippen molar-refractivity contribution in [1.82, 2.24) is 0 Å². The monoisotopic (exact) mass is 1420 g/mol. The Kier molecular flexibility index (Phi) is 68.9. The van der Waals surface area contributed by atoms with Crippen LogP contribution in [0.2, 0.25) is 0 Å². The number of carbonyl (C=O) groups excluding carboxylic acids is 4. The molecule has 98 heavy (non-hydrogen) atoms. The van der Waals surface area contributed by atoms with Crippen LogP contribution in [0.25, 0.3) is 0 Å². The SMILES string of the molecule is CC/C=C\C/C=C\C/C=C\C/C=C\C/C=C\CC(=O)OCC(COP(=O)(O)OCC(O)COP(=O)(O)OCC(COC(=O)CCCCCCC/C=C\CCCCCCCC)OC(=O)CCCCCCCCCCCCCCC)OC(=O)CCCCCCC/C=C\CCCCCCCC. The normalized spacial score (nSPS) is 14.4. The van der Waals surface area contributed by atoms with Crippen molar-refractivity contribution in [3.05, 3.63) is 85.1 Å². The smallest absolute Gasteiger partial charge is 0.462 e. The first-order valence-corrected chi connectivity index (χ1v) is 41.8. The highest BCUT2D eigenvalue weighted by molar-refractivity contribution is 7.47. The lowest BCUT2D eigenvalue weighted by atomic mass is 10.0. The average Bonchev–Trinajstić information content (AvgIpc) is 1.04. The van der Waals surface area contributed by atoms with Gasteiger partial charge in [-0.1, -0.05) is 293 Å². The van der Waals surface area contributed by atoms with Gasteiger partial charge in [-0.25, -0.2) is 9.13 Å². The summed E-state index contributed by atoms with van der Waals surface area (Å²) in [5.74, 6) is -2.32. The van der Waals surface area contributed by atoms with E-state index < -0.39 is 97.5 Å². The second kappa shape index (κ2) is 71.6. The Labute approximate surface area is 595 Å². The molecule has 0 spiro atoms. The van der Waals surface area contributed by atoms with Gasteiger partial charge in [0.1, 0.15) is 19.3 Å². The summed E-state index contributed by atoms with van der Waals surface area (Å²) in [6.45, 7) is 4.66. The molecule has 0 aliphatic carbocycles.